The highest BCUT2D eigenvalue weighted by Crippen LogP contribution is 2.38. The second-order valence-electron chi connectivity index (χ2n) is 9.70. The number of benzene rings is 2. The van der Waals surface area contributed by atoms with Gasteiger partial charge in [0, 0.05) is 37.6 Å². The zero-order valence-corrected chi connectivity index (χ0v) is 22.0. The highest BCUT2D eigenvalue weighted by molar-refractivity contribution is 6.02. The number of methoxy groups -OCH3 is 1. The molecule has 1 aliphatic rings. The number of nitrogens with one attached hydrogen (secondary N) is 3. The van der Waals surface area contributed by atoms with Crippen LogP contribution in [0.5, 0.6) is 5.75 Å². The van der Waals surface area contributed by atoms with Crippen LogP contribution in [0.2, 0.25) is 0 Å². The van der Waals surface area contributed by atoms with Crippen molar-refractivity contribution in [2.45, 2.75) is 19.9 Å². The maximum Gasteiger partial charge on any atom is 0.253 e. The Bertz CT molecular complexity index is 1510. The Labute approximate surface area is 225 Å². The number of hydrogen-bond acceptors (Lipinski definition) is 7. The fourth-order valence-corrected chi connectivity index (χ4v) is 4.95. The van der Waals surface area contributed by atoms with Gasteiger partial charge in [-0.1, -0.05) is 6.07 Å². The molecule has 11 heteroatoms. The van der Waals surface area contributed by atoms with Crippen molar-refractivity contribution < 1.29 is 18.3 Å². The zero-order chi connectivity index (χ0) is 27.7. The smallest absolute Gasteiger partial charge is 0.253 e. The summed E-state index contributed by atoms with van der Waals surface area (Å²) in [5.74, 6) is -1.35. The fraction of sp³-hybridized carbons (Fsp3) is 0.286. The number of anilines is 5. The van der Waals surface area contributed by atoms with E-state index in [-0.39, 0.29) is 17.0 Å². The van der Waals surface area contributed by atoms with Gasteiger partial charge in [-0.25, -0.2) is 8.78 Å². The molecule has 2 aromatic carbocycles. The lowest BCUT2D eigenvalue weighted by Crippen LogP contribution is -2.49. The summed E-state index contributed by atoms with van der Waals surface area (Å²) in [5, 5.41) is 6.97. The van der Waals surface area contributed by atoms with Gasteiger partial charge < -0.3 is 31.0 Å². The summed E-state index contributed by atoms with van der Waals surface area (Å²) in [7, 11) is 1.44. The van der Waals surface area contributed by atoms with E-state index < -0.39 is 17.5 Å². The van der Waals surface area contributed by atoms with Crippen LogP contribution in [0, 0.1) is 11.6 Å². The Kier molecular flexibility index (Phi) is 7.25. The number of aromatic amines is 1. The number of piperazine rings is 1. The van der Waals surface area contributed by atoms with Crippen LogP contribution in [0.15, 0.2) is 48.8 Å². The Morgan fingerprint density at radius 3 is 2.51 bits per heavy atom. The molecule has 204 valence electrons. The van der Waals surface area contributed by atoms with Gasteiger partial charge in [0.2, 0.25) is 0 Å². The largest absolute Gasteiger partial charge is 0.492 e. The first-order valence-electron chi connectivity index (χ1n) is 12.7. The number of aromatic nitrogens is 2. The maximum absolute atomic E-state index is 15.6. The summed E-state index contributed by atoms with van der Waals surface area (Å²) >= 11 is 0. The molecular weight excluding hydrogens is 504 g/mol. The molecule has 0 aliphatic carbocycles. The molecule has 39 heavy (non-hydrogen) atoms. The van der Waals surface area contributed by atoms with Crippen molar-refractivity contribution in [1.29, 1.82) is 0 Å². The molecule has 0 atom stereocenters. The summed E-state index contributed by atoms with van der Waals surface area (Å²) < 4.78 is 35.3. The predicted octanol–water partition coefficient (Wildman–Crippen LogP) is 4.97. The SMILES string of the molecule is COc1c(Nc2cc3c(Nc4cccc(F)c4C(N)=O)cncc3[nH]2)ccc(N2CCN(C(C)C)CC2)c1F. The van der Waals surface area contributed by atoms with Crippen LogP contribution < -0.4 is 26.0 Å². The lowest BCUT2D eigenvalue weighted by atomic mass is 10.1. The van der Waals surface area contributed by atoms with Crippen molar-refractivity contribution in [2.24, 2.45) is 5.73 Å². The van der Waals surface area contributed by atoms with Crippen molar-refractivity contribution in [3.63, 3.8) is 0 Å². The van der Waals surface area contributed by atoms with Crippen LogP contribution in [0.3, 0.4) is 0 Å². The van der Waals surface area contributed by atoms with Gasteiger partial charge in [-0.05, 0) is 44.2 Å². The number of H-pyrrole nitrogens is 1. The van der Waals surface area contributed by atoms with Crippen molar-refractivity contribution in [1.82, 2.24) is 14.9 Å². The molecule has 4 aromatic rings. The number of hydrogen-bond donors (Lipinski definition) is 4. The Hall–Kier alpha value is -4.38. The average molecular weight is 536 g/mol. The molecule has 5 rings (SSSR count). The number of nitrogens with two attached hydrogens (primary N) is 1. The quantitative estimate of drug-likeness (QED) is 0.252. The molecule has 1 aliphatic heterocycles. The van der Waals surface area contributed by atoms with Gasteiger partial charge in [0.15, 0.2) is 11.6 Å². The Morgan fingerprint density at radius 1 is 1.05 bits per heavy atom. The van der Waals surface area contributed by atoms with Crippen LogP contribution in [-0.2, 0) is 0 Å². The van der Waals surface area contributed by atoms with E-state index >= 15 is 4.39 Å². The lowest BCUT2D eigenvalue weighted by Gasteiger charge is -2.38. The molecule has 0 bridgehead atoms. The van der Waals surface area contributed by atoms with Gasteiger partial charge >= 0.3 is 0 Å². The van der Waals surface area contributed by atoms with Crippen molar-refractivity contribution >= 4 is 45.4 Å². The number of rotatable bonds is 8. The number of carbonyl (C=O) groups is 1. The Morgan fingerprint density at radius 2 is 1.82 bits per heavy atom. The summed E-state index contributed by atoms with van der Waals surface area (Å²) in [5.41, 5.74) is 7.52. The molecule has 0 unspecified atom stereocenters. The van der Waals surface area contributed by atoms with Crippen LogP contribution in [0.4, 0.5) is 37.3 Å². The summed E-state index contributed by atoms with van der Waals surface area (Å²) in [6, 6.07) is 10.0. The van der Waals surface area contributed by atoms with Gasteiger partial charge in [0.25, 0.3) is 5.91 Å². The molecular formula is C28H31F2N7O2. The second-order valence-corrected chi connectivity index (χ2v) is 9.70. The van der Waals surface area contributed by atoms with E-state index in [2.05, 4.69) is 39.3 Å². The third-order valence-electron chi connectivity index (χ3n) is 7.01. The zero-order valence-electron chi connectivity index (χ0n) is 22.0. The van der Waals surface area contributed by atoms with E-state index in [4.69, 9.17) is 10.5 Å². The molecule has 5 N–H and O–H groups in total. The highest BCUT2D eigenvalue weighted by atomic mass is 19.1. The van der Waals surface area contributed by atoms with Crippen LogP contribution >= 0.6 is 0 Å². The number of primary amides is 1. The van der Waals surface area contributed by atoms with Gasteiger partial charge in [-0.15, -0.1) is 0 Å². The van der Waals surface area contributed by atoms with Crippen molar-refractivity contribution in [3.05, 3.63) is 66.0 Å². The molecule has 0 radical (unpaired) electrons. The van der Waals surface area contributed by atoms with Crippen LogP contribution in [-0.4, -0.2) is 60.1 Å². The molecule has 2 aromatic heterocycles. The van der Waals surface area contributed by atoms with E-state index in [1.165, 1.54) is 19.2 Å². The number of pyridine rings is 1. The van der Waals surface area contributed by atoms with Crippen LogP contribution in [0.1, 0.15) is 24.2 Å². The molecule has 1 saturated heterocycles. The molecule has 3 heterocycles. The van der Waals surface area contributed by atoms with Gasteiger partial charge in [-0.2, -0.15) is 0 Å². The third kappa shape index (κ3) is 5.17. The van der Waals surface area contributed by atoms with Gasteiger partial charge in [-0.3, -0.25) is 14.7 Å². The van der Waals surface area contributed by atoms with Crippen LogP contribution in [0.25, 0.3) is 10.9 Å². The molecule has 0 spiro atoms. The lowest BCUT2D eigenvalue weighted by molar-refractivity contribution is 0.0997. The average Bonchev–Trinajstić information content (AvgIpc) is 3.32. The van der Waals surface area contributed by atoms with Crippen molar-refractivity contribution in [3.8, 4) is 5.75 Å². The Balaban J connectivity index is 1.41. The number of amides is 1. The van der Waals surface area contributed by atoms with E-state index in [1.807, 2.05) is 4.90 Å². The summed E-state index contributed by atoms with van der Waals surface area (Å²) in [6.07, 6.45) is 3.19. The first kappa shape index (κ1) is 26.2. The number of fused-ring (bicyclic) bond motifs is 1. The topological polar surface area (TPSA) is 112 Å². The first-order valence-corrected chi connectivity index (χ1v) is 12.7. The third-order valence-corrected chi connectivity index (χ3v) is 7.01. The predicted molar refractivity (Wildman–Crippen MR) is 149 cm³/mol. The molecule has 0 saturated carbocycles. The first-order chi connectivity index (χ1) is 18.8. The number of nitrogens with zero attached hydrogens (tertiary/aromatic N) is 3. The maximum atomic E-state index is 15.6. The summed E-state index contributed by atoms with van der Waals surface area (Å²) in [4.78, 5) is 23.7. The fourth-order valence-electron chi connectivity index (χ4n) is 4.95. The molecule has 1 amide bonds. The van der Waals surface area contributed by atoms with E-state index in [1.54, 1.807) is 36.7 Å². The summed E-state index contributed by atoms with van der Waals surface area (Å²) in [6.45, 7) is 7.54. The minimum absolute atomic E-state index is 0.111. The highest BCUT2D eigenvalue weighted by Gasteiger charge is 2.24. The normalized spacial score (nSPS) is 14.2. The molecule has 9 nitrogen and oxygen atoms in total. The van der Waals surface area contributed by atoms with Gasteiger partial charge in [0.05, 0.1) is 53.3 Å². The minimum atomic E-state index is -0.883. The monoisotopic (exact) mass is 535 g/mol. The van der Waals surface area contributed by atoms with E-state index in [9.17, 15) is 9.18 Å². The number of ether oxygens (including phenoxy) is 1. The molecule has 1 fully saturated rings. The van der Waals surface area contributed by atoms with E-state index in [0.29, 0.717) is 39.8 Å². The van der Waals surface area contributed by atoms with E-state index in [0.717, 1.165) is 26.2 Å². The minimum Gasteiger partial charge on any atom is -0.492 e. The van der Waals surface area contributed by atoms with Crippen molar-refractivity contribution in [2.75, 3.05) is 48.8 Å². The van der Waals surface area contributed by atoms with Gasteiger partial charge in [0.1, 0.15) is 11.6 Å². The number of carbonyl (C=O) groups excluding carboxylic acids is 1. The second kappa shape index (κ2) is 10.8. The standard InChI is InChI=1S/C28H31F2N7O2/c1-16(2)36-9-11-37(12-10-36)23-8-7-20(27(39-3)26(23)30)34-24-13-17-21(14-32-15-22(17)35-24)33-19-6-4-5-18(29)25(19)28(31)38/h4-8,13-16,33-35H,9-12H2,1-3H3,(H2,31,38). The number of halogens is 2.